The van der Waals surface area contributed by atoms with Crippen molar-refractivity contribution in [3.8, 4) is 22.8 Å². The van der Waals surface area contributed by atoms with E-state index in [0.29, 0.717) is 22.1 Å². The Morgan fingerprint density at radius 1 is 1.09 bits per heavy atom. The first-order valence-corrected chi connectivity index (χ1v) is 10.9. The lowest BCUT2D eigenvalue weighted by Gasteiger charge is -2.06. The van der Waals surface area contributed by atoms with Crippen LogP contribution in [0.25, 0.3) is 11.3 Å². The van der Waals surface area contributed by atoms with Crippen LogP contribution >= 0.6 is 27.3 Å². The molecule has 0 saturated heterocycles. The van der Waals surface area contributed by atoms with E-state index < -0.39 is 12.5 Å². The number of hydrogen-bond acceptors (Lipinski definition) is 6. The zero-order valence-corrected chi connectivity index (χ0v) is 18.6. The Hall–Kier alpha value is -3.31. The quantitative estimate of drug-likeness (QED) is 0.324. The molecule has 7 nitrogen and oxygen atoms in total. The van der Waals surface area contributed by atoms with E-state index in [2.05, 4.69) is 36.1 Å². The smallest absolute Gasteiger partial charge is 0.387 e. The van der Waals surface area contributed by atoms with Crippen LogP contribution < -0.4 is 14.8 Å². The lowest BCUT2D eigenvalue weighted by atomic mass is 10.2. The largest absolute Gasteiger partial charge is 0.471 e. The predicted molar refractivity (Wildman–Crippen MR) is 119 cm³/mol. The summed E-state index contributed by atoms with van der Waals surface area (Å²) in [5.41, 5.74) is 1.52. The first-order chi connectivity index (χ1) is 15.5. The molecule has 1 amide bonds. The van der Waals surface area contributed by atoms with Crippen molar-refractivity contribution in [1.82, 2.24) is 14.8 Å². The fraction of sp³-hybridized carbons (Fsp3) is 0.0952. The molecule has 2 aromatic carbocycles. The van der Waals surface area contributed by atoms with Crippen molar-refractivity contribution in [2.24, 2.45) is 0 Å². The molecule has 0 fully saturated rings. The van der Waals surface area contributed by atoms with Crippen LogP contribution in [0.1, 0.15) is 10.5 Å². The van der Waals surface area contributed by atoms with Crippen LogP contribution in [0.2, 0.25) is 0 Å². The highest BCUT2D eigenvalue weighted by atomic mass is 79.9. The average molecular weight is 521 g/mol. The van der Waals surface area contributed by atoms with Crippen LogP contribution in [0.15, 0.2) is 70.6 Å². The number of anilines is 1. The highest BCUT2D eigenvalue weighted by Gasteiger charge is 2.13. The monoisotopic (exact) mass is 520 g/mol. The summed E-state index contributed by atoms with van der Waals surface area (Å²) in [6, 6.07) is 15.1. The Morgan fingerprint density at radius 3 is 2.53 bits per heavy atom. The van der Waals surface area contributed by atoms with Gasteiger partial charge < -0.3 is 9.47 Å². The molecule has 11 heteroatoms. The second-order valence-electron chi connectivity index (χ2n) is 6.36. The first kappa shape index (κ1) is 21.9. The van der Waals surface area contributed by atoms with Gasteiger partial charge in [-0.3, -0.25) is 10.1 Å². The van der Waals surface area contributed by atoms with Crippen molar-refractivity contribution >= 4 is 38.3 Å². The summed E-state index contributed by atoms with van der Waals surface area (Å²) in [6.45, 7) is -2.72. The number of nitrogens with zero attached hydrogens (tertiary/aromatic N) is 3. The average Bonchev–Trinajstić information content (AvgIpc) is 3.43. The van der Waals surface area contributed by atoms with Crippen molar-refractivity contribution in [1.29, 1.82) is 0 Å². The van der Waals surface area contributed by atoms with E-state index >= 15 is 0 Å². The number of halogens is 3. The summed E-state index contributed by atoms with van der Waals surface area (Å²) in [4.78, 5) is 16.8. The molecule has 4 aromatic rings. The maximum Gasteiger partial charge on any atom is 0.387 e. The Bertz CT molecular complexity index is 1200. The number of ether oxygens (including phenoxy) is 2. The van der Waals surface area contributed by atoms with Gasteiger partial charge in [-0.1, -0.05) is 15.9 Å². The number of carbonyl (C=O) groups excluding carboxylic acids is 1. The minimum Gasteiger partial charge on any atom is -0.471 e. The van der Waals surface area contributed by atoms with Crippen molar-refractivity contribution in [3.63, 3.8) is 0 Å². The fourth-order valence-corrected chi connectivity index (χ4v) is 3.64. The summed E-state index contributed by atoms with van der Waals surface area (Å²) < 4.78 is 36.9. The number of benzene rings is 2. The molecule has 0 bridgehead atoms. The standard InChI is InChI=1S/C21H15BrF2N4O3S/c22-14-3-7-15(8-4-14)30-12-28-10-9-17(27-28)19(29)26-21-25-18(11-32-21)13-1-5-16(6-2-13)31-20(23)24/h1-11,20H,12H2,(H,25,26,29). The Kier molecular flexibility index (Phi) is 6.76. The molecular weight excluding hydrogens is 506 g/mol. The SMILES string of the molecule is O=C(Nc1nc(-c2ccc(OC(F)F)cc2)cs1)c1ccn(COc2ccc(Br)cc2)n1. The normalized spacial score (nSPS) is 10.9. The molecule has 0 aliphatic carbocycles. The lowest BCUT2D eigenvalue weighted by molar-refractivity contribution is -0.0498. The summed E-state index contributed by atoms with van der Waals surface area (Å²) in [5.74, 6) is 0.333. The highest BCUT2D eigenvalue weighted by molar-refractivity contribution is 9.10. The summed E-state index contributed by atoms with van der Waals surface area (Å²) in [6.07, 6.45) is 1.64. The van der Waals surface area contributed by atoms with Crippen molar-refractivity contribution < 1.29 is 23.0 Å². The molecule has 0 unspecified atom stereocenters. The molecule has 0 radical (unpaired) electrons. The molecular formula is C21H15BrF2N4O3S. The minimum absolute atomic E-state index is 0.0622. The fourth-order valence-electron chi connectivity index (χ4n) is 2.66. The molecule has 2 aromatic heterocycles. The molecule has 0 spiro atoms. The number of nitrogens with one attached hydrogen (secondary N) is 1. The Balaban J connectivity index is 1.34. The number of rotatable bonds is 8. The van der Waals surface area contributed by atoms with Gasteiger partial charge in [-0.05, 0) is 54.6 Å². The van der Waals surface area contributed by atoms with Crippen molar-refractivity contribution in [3.05, 3.63) is 76.3 Å². The Morgan fingerprint density at radius 2 is 1.81 bits per heavy atom. The maximum atomic E-state index is 12.5. The van der Waals surface area contributed by atoms with E-state index in [1.54, 1.807) is 29.8 Å². The summed E-state index contributed by atoms with van der Waals surface area (Å²) >= 11 is 4.60. The highest BCUT2D eigenvalue weighted by Crippen LogP contribution is 2.27. The van der Waals surface area contributed by atoms with Gasteiger partial charge in [-0.25, -0.2) is 9.67 Å². The second kappa shape index (κ2) is 9.88. The number of aromatic nitrogens is 3. The van der Waals surface area contributed by atoms with Gasteiger partial charge in [0.05, 0.1) is 5.69 Å². The molecule has 164 valence electrons. The van der Waals surface area contributed by atoms with Crippen LogP contribution in [0.4, 0.5) is 13.9 Å². The number of hydrogen-bond donors (Lipinski definition) is 1. The van der Waals surface area contributed by atoms with Gasteiger partial charge in [-0.15, -0.1) is 11.3 Å². The van der Waals surface area contributed by atoms with E-state index in [-0.39, 0.29) is 18.2 Å². The van der Waals surface area contributed by atoms with Crippen molar-refractivity contribution in [2.75, 3.05) is 5.32 Å². The van der Waals surface area contributed by atoms with Gasteiger partial charge in [0.1, 0.15) is 11.5 Å². The number of thiazole rings is 1. The van der Waals surface area contributed by atoms with Crippen LogP contribution in [-0.4, -0.2) is 27.3 Å². The third-order valence-electron chi connectivity index (χ3n) is 4.15. The van der Waals surface area contributed by atoms with E-state index in [0.717, 1.165) is 4.47 Å². The molecule has 0 atom stereocenters. The maximum absolute atomic E-state index is 12.5. The minimum atomic E-state index is -2.88. The summed E-state index contributed by atoms with van der Waals surface area (Å²) in [5, 5.41) is 9.05. The van der Waals surface area contributed by atoms with Crippen LogP contribution in [0.3, 0.4) is 0 Å². The summed E-state index contributed by atoms with van der Waals surface area (Å²) in [7, 11) is 0. The van der Waals surface area contributed by atoms with Gasteiger partial charge in [0, 0.05) is 21.6 Å². The van der Waals surface area contributed by atoms with Gasteiger partial charge in [0.2, 0.25) is 0 Å². The molecule has 0 saturated carbocycles. The van der Waals surface area contributed by atoms with E-state index in [4.69, 9.17) is 4.74 Å². The molecule has 4 rings (SSSR count). The van der Waals surface area contributed by atoms with Crippen LogP contribution in [0.5, 0.6) is 11.5 Å². The first-order valence-electron chi connectivity index (χ1n) is 9.20. The molecule has 32 heavy (non-hydrogen) atoms. The Labute approximate surface area is 193 Å². The molecule has 1 N–H and O–H groups in total. The second-order valence-corrected chi connectivity index (χ2v) is 8.14. The molecule has 0 aliphatic rings. The third kappa shape index (κ3) is 5.68. The molecule has 0 aliphatic heterocycles. The third-order valence-corrected chi connectivity index (χ3v) is 5.44. The van der Waals surface area contributed by atoms with Crippen molar-refractivity contribution in [2.45, 2.75) is 13.3 Å². The topological polar surface area (TPSA) is 78.3 Å². The van der Waals surface area contributed by atoms with E-state index in [1.807, 2.05) is 24.3 Å². The number of carbonyl (C=O) groups is 1. The van der Waals surface area contributed by atoms with Gasteiger partial charge in [-0.2, -0.15) is 13.9 Å². The van der Waals surface area contributed by atoms with Gasteiger partial charge in [0.15, 0.2) is 17.6 Å². The van der Waals surface area contributed by atoms with Crippen LogP contribution in [-0.2, 0) is 6.73 Å². The number of amides is 1. The van der Waals surface area contributed by atoms with E-state index in [9.17, 15) is 13.6 Å². The van der Waals surface area contributed by atoms with Crippen LogP contribution in [0, 0.1) is 0 Å². The number of alkyl halides is 2. The van der Waals surface area contributed by atoms with Gasteiger partial charge >= 0.3 is 6.61 Å². The zero-order valence-electron chi connectivity index (χ0n) is 16.2. The molecule has 2 heterocycles. The predicted octanol–water partition coefficient (Wildman–Crippen LogP) is 5.66. The van der Waals surface area contributed by atoms with Gasteiger partial charge in [0.25, 0.3) is 5.91 Å². The van der Waals surface area contributed by atoms with E-state index in [1.165, 1.54) is 28.2 Å². The lowest BCUT2D eigenvalue weighted by Crippen LogP contribution is -2.14. The zero-order chi connectivity index (χ0) is 22.5.